The number of pyridine rings is 1. The summed E-state index contributed by atoms with van der Waals surface area (Å²) in [5.41, 5.74) is 0.921. The molecule has 0 radical (unpaired) electrons. The van der Waals surface area contributed by atoms with Crippen molar-refractivity contribution in [3.05, 3.63) is 38.3 Å². The zero-order valence-corrected chi connectivity index (χ0v) is 16.4. The molecule has 7 nitrogen and oxygen atoms in total. The summed E-state index contributed by atoms with van der Waals surface area (Å²) in [6, 6.07) is 1.43. The molecule has 138 valence electrons. The zero-order valence-electron chi connectivity index (χ0n) is 14.1. The van der Waals surface area contributed by atoms with E-state index in [1.807, 2.05) is 6.92 Å². The summed E-state index contributed by atoms with van der Waals surface area (Å²) in [5.74, 6) is -1.51. The first kappa shape index (κ1) is 20.2. The number of nitrogens with zero attached hydrogens (tertiary/aromatic N) is 1. The number of aromatic nitrogens is 1. The number of thiophene rings is 1. The van der Waals surface area contributed by atoms with E-state index in [0.29, 0.717) is 15.6 Å². The topological polar surface area (TPSA) is 97.4 Å². The maximum atomic E-state index is 12.3. The number of hydrogen-bond donors (Lipinski definition) is 2. The van der Waals surface area contributed by atoms with E-state index >= 15 is 0 Å². The standard InChI is InChI=1S/C16H15Cl2N3O4S/c1-7-8(2)26-15(20-9(3)22)13(7)16(24)25-6-12(23)21-14-11(18)4-10(17)5-19-14/h4-5H,6H2,1-3H3,(H,20,22)(H,19,21,23). The van der Waals surface area contributed by atoms with Crippen LogP contribution in [0.1, 0.15) is 27.7 Å². The van der Waals surface area contributed by atoms with Crippen molar-refractivity contribution in [2.45, 2.75) is 20.8 Å². The summed E-state index contributed by atoms with van der Waals surface area (Å²) in [6.45, 7) is 4.37. The highest BCUT2D eigenvalue weighted by Gasteiger charge is 2.22. The van der Waals surface area contributed by atoms with Crippen molar-refractivity contribution in [3.63, 3.8) is 0 Å². The average molecular weight is 416 g/mol. The predicted octanol–water partition coefficient (Wildman–Crippen LogP) is 3.82. The Morgan fingerprint density at radius 3 is 2.54 bits per heavy atom. The number of hydrogen-bond acceptors (Lipinski definition) is 6. The number of rotatable bonds is 5. The monoisotopic (exact) mass is 415 g/mol. The van der Waals surface area contributed by atoms with Gasteiger partial charge in [0.15, 0.2) is 12.4 Å². The van der Waals surface area contributed by atoms with Gasteiger partial charge in [-0.1, -0.05) is 23.2 Å². The SMILES string of the molecule is CC(=O)Nc1sc(C)c(C)c1C(=O)OCC(=O)Nc1ncc(Cl)cc1Cl. The van der Waals surface area contributed by atoms with E-state index in [-0.39, 0.29) is 22.3 Å². The summed E-state index contributed by atoms with van der Waals surface area (Å²) in [7, 11) is 0. The second kappa shape index (κ2) is 8.48. The molecule has 0 saturated carbocycles. The molecule has 0 atom stereocenters. The van der Waals surface area contributed by atoms with Crippen LogP contribution in [-0.4, -0.2) is 29.4 Å². The van der Waals surface area contributed by atoms with E-state index in [1.165, 1.54) is 30.5 Å². The van der Waals surface area contributed by atoms with Crippen molar-refractivity contribution in [1.82, 2.24) is 4.98 Å². The van der Waals surface area contributed by atoms with Crippen molar-refractivity contribution in [2.24, 2.45) is 0 Å². The van der Waals surface area contributed by atoms with Crippen molar-refractivity contribution < 1.29 is 19.1 Å². The van der Waals surface area contributed by atoms with Crippen LogP contribution >= 0.6 is 34.5 Å². The number of anilines is 2. The molecule has 0 aliphatic rings. The van der Waals surface area contributed by atoms with Gasteiger partial charge in [-0.2, -0.15) is 0 Å². The maximum absolute atomic E-state index is 12.3. The Labute approximate surface area is 163 Å². The van der Waals surface area contributed by atoms with Crippen molar-refractivity contribution in [2.75, 3.05) is 17.2 Å². The quantitative estimate of drug-likeness (QED) is 0.723. The molecule has 2 amide bonds. The van der Waals surface area contributed by atoms with Gasteiger partial charge in [0.05, 0.1) is 15.6 Å². The number of aryl methyl sites for hydroxylation is 1. The molecule has 0 fully saturated rings. The van der Waals surface area contributed by atoms with Gasteiger partial charge in [0.1, 0.15) is 5.00 Å². The van der Waals surface area contributed by atoms with Crippen molar-refractivity contribution in [3.8, 4) is 0 Å². The third-order valence-corrected chi connectivity index (χ3v) is 4.90. The fourth-order valence-electron chi connectivity index (χ4n) is 2.00. The van der Waals surface area contributed by atoms with E-state index in [4.69, 9.17) is 27.9 Å². The molecule has 0 bridgehead atoms. The largest absolute Gasteiger partial charge is 0.452 e. The van der Waals surface area contributed by atoms with Crippen LogP contribution in [0.4, 0.5) is 10.8 Å². The van der Waals surface area contributed by atoms with Gasteiger partial charge in [0, 0.05) is 18.0 Å². The highest BCUT2D eigenvalue weighted by molar-refractivity contribution is 7.16. The second-order valence-electron chi connectivity index (χ2n) is 5.28. The number of ether oxygens (including phenoxy) is 1. The van der Waals surface area contributed by atoms with E-state index < -0.39 is 18.5 Å². The fraction of sp³-hybridized carbons (Fsp3) is 0.250. The van der Waals surface area contributed by atoms with Gasteiger partial charge in [-0.3, -0.25) is 9.59 Å². The molecular formula is C16H15Cl2N3O4S. The first-order valence-electron chi connectivity index (χ1n) is 7.34. The third kappa shape index (κ3) is 4.94. The number of esters is 1. The third-order valence-electron chi connectivity index (χ3n) is 3.28. The summed E-state index contributed by atoms with van der Waals surface area (Å²) >= 11 is 12.9. The van der Waals surface area contributed by atoms with E-state index in [1.54, 1.807) is 6.92 Å². The van der Waals surface area contributed by atoms with Gasteiger partial charge < -0.3 is 15.4 Å². The smallest absolute Gasteiger partial charge is 0.341 e. The Morgan fingerprint density at radius 2 is 1.92 bits per heavy atom. The fourth-order valence-corrected chi connectivity index (χ4v) is 3.52. The first-order valence-corrected chi connectivity index (χ1v) is 8.92. The lowest BCUT2D eigenvalue weighted by Crippen LogP contribution is -2.22. The Kier molecular flexibility index (Phi) is 6.57. The molecule has 2 heterocycles. The molecule has 0 aliphatic carbocycles. The van der Waals surface area contributed by atoms with Crippen LogP contribution in [0.15, 0.2) is 12.3 Å². The van der Waals surface area contributed by atoms with Crippen LogP contribution in [0, 0.1) is 13.8 Å². The molecule has 2 aromatic rings. The molecule has 2 N–H and O–H groups in total. The lowest BCUT2D eigenvalue weighted by atomic mass is 10.1. The van der Waals surface area contributed by atoms with Crippen LogP contribution in [0.25, 0.3) is 0 Å². The molecule has 26 heavy (non-hydrogen) atoms. The lowest BCUT2D eigenvalue weighted by Gasteiger charge is -2.09. The second-order valence-corrected chi connectivity index (χ2v) is 7.35. The van der Waals surface area contributed by atoms with Crippen LogP contribution in [0.3, 0.4) is 0 Å². The summed E-state index contributed by atoms with van der Waals surface area (Å²) < 4.78 is 5.05. The van der Waals surface area contributed by atoms with Gasteiger partial charge in [0.25, 0.3) is 5.91 Å². The maximum Gasteiger partial charge on any atom is 0.341 e. The minimum atomic E-state index is -0.707. The van der Waals surface area contributed by atoms with Gasteiger partial charge in [-0.05, 0) is 25.5 Å². The van der Waals surface area contributed by atoms with Crippen LogP contribution in [0.5, 0.6) is 0 Å². The van der Waals surface area contributed by atoms with Crippen LogP contribution < -0.4 is 10.6 Å². The molecular weight excluding hydrogens is 401 g/mol. The molecule has 2 rings (SSSR count). The predicted molar refractivity (Wildman–Crippen MR) is 101 cm³/mol. The highest BCUT2D eigenvalue weighted by atomic mass is 35.5. The Hall–Kier alpha value is -2.16. The van der Waals surface area contributed by atoms with Gasteiger partial charge in [0.2, 0.25) is 5.91 Å². The molecule has 2 aromatic heterocycles. The van der Waals surface area contributed by atoms with Crippen molar-refractivity contribution in [1.29, 1.82) is 0 Å². The first-order chi connectivity index (χ1) is 12.2. The van der Waals surface area contributed by atoms with Crippen LogP contribution in [0.2, 0.25) is 10.0 Å². The molecule has 0 saturated heterocycles. The van der Waals surface area contributed by atoms with E-state index in [2.05, 4.69) is 15.6 Å². The Morgan fingerprint density at radius 1 is 1.23 bits per heavy atom. The summed E-state index contributed by atoms with van der Waals surface area (Å²) in [4.78, 5) is 40.3. The number of halogens is 2. The average Bonchev–Trinajstić information content (AvgIpc) is 2.81. The van der Waals surface area contributed by atoms with E-state index in [9.17, 15) is 14.4 Å². The van der Waals surface area contributed by atoms with Crippen molar-refractivity contribution >= 4 is 63.1 Å². The van der Waals surface area contributed by atoms with Gasteiger partial charge in [-0.15, -0.1) is 11.3 Å². The Balaban J connectivity index is 2.04. The molecule has 0 aromatic carbocycles. The normalized spacial score (nSPS) is 10.3. The number of nitrogens with one attached hydrogen (secondary N) is 2. The summed E-state index contributed by atoms with van der Waals surface area (Å²) in [6.07, 6.45) is 1.33. The number of amides is 2. The minimum absolute atomic E-state index is 0.110. The lowest BCUT2D eigenvalue weighted by molar-refractivity contribution is -0.119. The molecule has 0 unspecified atom stereocenters. The minimum Gasteiger partial charge on any atom is -0.452 e. The summed E-state index contributed by atoms with van der Waals surface area (Å²) in [5, 5.41) is 5.90. The van der Waals surface area contributed by atoms with Gasteiger partial charge >= 0.3 is 5.97 Å². The van der Waals surface area contributed by atoms with E-state index in [0.717, 1.165) is 4.88 Å². The highest BCUT2D eigenvalue weighted by Crippen LogP contribution is 2.33. The molecule has 0 aliphatic heterocycles. The number of carbonyl (C=O) groups excluding carboxylic acids is 3. The number of carbonyl (C=O) groups is 3. The molecule has 0 spiro atoms. The van der Waals surface area contributed by atoms with Gasteiger partial charge in [-0.25, -0.2) is 9.78 Å². The molecule has 10 heteroatoms. The Bertz CT molecular complexity index is 883. The van der Waals surface area contributed by atoms with Crippen LogP contribution in [-0.2, 0) is 14.3 Å². The zero-order chi connectivity index (χ0) is 19.4.